The summed E-state index contributed by atoms with van der Waals surface area (Å²) >= 11 is 0. The lowest BCUT2D eigenvalue weighted by atomic mass is 10.0. The van der Waals surface area contributed by atoms with Gasteiger partial charge in [-0.2, -0.15) is 31.6 Å². The Morgan fingerprint density at radius 3 is 2.34 bits per heavy atom. The van der Waals surface area contributed by atoms with Gasteiger partial charge >= 0.3 is 12.4 Å². The Hall–Kier alpha value is -4.08. The lowest BCUT2D eigenvalue weighted by Gasteiger charge is -2.27. The van der Waals surface area contributed by atoms with Crippen molar-refractivity contribution in [3.8, 4) is 6.19 Å². The van der Waals surface area contributed by atoms with Crippen LogP contribution in [0.15, 0.2) is 53.5 Å². The van der Waals surface area contributed by atoms with Gasteiger partial charge in [-0.1, -0.05) is 30.3 Å². The lowest BCUT2D eigenvalue weighted by molar-refractivity contribution is -0.138. The van der Waals surface area contributed by atoms with E-state index in [4.69, 9.17) is 10.7 Å². The van der Waals surface area contributed by atoms with Crippen LogP contribution < -0.4 is 10.6 Å². The second-order valence-corrected chi connectivity index (χ2v) is 8.50. The molecule has 0 radical (unpaired) electrons. The number of benzene rings is 2. The lowest BCUT2D eigenvalue weighted by Crippen LogP contribution is -2.45. The van der Waals surface area contributed by atoms with Gasteiger partial charge in [-0.05, 0) is 42.2 Å². The van der Waals surface area contributed by atoms with Crippen LogP contribution in [0.5, 0.6) is 0 Å². The van der Waals surface area contributed by atoms with Crippen molar-refractivity contribution < 1.29 is 31.1 Å². The monoisotopic (exact) mass is 538 g/mol. The molecule has 3 N–H and O–H groups in total. The average molecular weight is 538 g/mol. The number of carbonyl (C=O) groups excluding carboxylic acids is 1. The highest BCUT2D eigenvalue weighted by Crippen LogP contribution is 2.30. The van der Waals surface area contributed by atoms with Crippen LogP contribution in [0.4, 0.5) is 26.3 Å². The number of guanidine groups is 1. The minimum Gasteiger partial charge on any atom is -0.355 e. The summed E-state index contributed by atoms with van der Waals surface area (Å²) in [6.07, 6.45) is -6.31. The maximum absolute atomic E-state index is 12.9. The zero-order chi connectivity index (χ0) is 27.9. The molecular weight excluding hydrogens is 514 g/mol. The zero-order valence-corrected chi connectivity index (χ0v) is 20.0. The van der Waals surface area contributed by atoms with E-state index in [1.807, 2.05) is 0 Å². The van der Waals surface area contributed by atoms with Gasteiger partial charge in [0.05, 0.1) is 29.4 Å². The molecule has 1 unspecified atom stereocenters. The van der Waals surface area contributed by atoms with Crippen molar-refractivity contribution in [1.82, 2.24) is 15.5 Å². The van der Waals surface area contributed by atoms with Crippen molar-refractivity contribution in [1.29, 1.82) is 10.7 Å². The second kappa shape index (κ2) is 12.0. The third-order valence-corrected chi connectivity index (χ3v) is 5.90. The average Bonchev–Trinajstić information content (AvgIpc) is 3.28. The smallest absolute Gasteiger partial charge is 0.355 e. The molecule has 0 aliphatic carbocycles. The van der Waals surface area contributed by atoms with Gasteiger partial charge in [0.15, 0.2) is 6.19 Å². The molecule has 1 fully saturated rings. The fourth-order valence-electron chi connectivity index (χ4n) is 3.97. The number of likely N-dealkylation sites (tertiary alicyclic amines) is 1. The van der Waals surface area contributed by atoms with Crippen LogP contribution in [-0.2, 0) is 23.6 Å². The predicted molar refractivity (Wildman–Crippen MR) is 127 cm³/mol. The number of nitriles is 1. The molecule has 1 heterocycles. The molecule has 3 rings (SSSR count). The van der Waals surface area contributed by atoms with Crippen LogP contribution in [-0.4, -0.2) is 48.2 Å². The molecule has 0 aromatic heterocycles. The Morgan fingerprint density at radius 2 is 1.76 bits per heavy atom. The maximum atomic E-state index is 12.9. The number of hydrogen-bond donors (Lipinski definition) is 3. The summed E-state index contributed by atoms with van der Waals surface area (Å²) in [5.74, 6) is -0.245. The number of carbonyl (C=O) groups is 1. The van der Waals surface area contributed by atoms with Gasteiger partial charge in [-0.15, -0.1) is 0 Å². The quantitative estimate of drug-likeness (QED) is 0.153. The Kier molecular flexibility index (Phi) is 8.98. The molecule has 1 amide bonds. The summed E-state index contributed by atoms with van der Waals surface area (Å²) in [5, 5.41) is 22.8. The Balaban J connectivity index is 1.74. The molecule has 1 aliphatic rings. The van der Waals surface area contributed by atoms with E-state index in [1.165, 1.54) is 17.0 Å². The van der Waals surface area contributed by atoms with Crippen molar-refractivity contribution in [2.75, 3.05) is 19.6 Å². The first-order valence-electron chi connectivity index (χ1n) is 11.5. The molecule has 0 bridgehead atoms. The van der Waals surface area contributed by atoms with E-state index < -0.39 is 29.5 Å². The van der Waals surface area contributed by atoms with Crippen LogP contribution >= 0.6 is 0 Å². The predicted octanol–water partition coefficient (Wildman–Crippen LogP) is 4.34. The fourth-order valence-corrected chi connectivity index (χ4v) is 3.97. The molecule has 0 spiro atoms. The van der Waals surface area contributed by atoms with E-state index in [1.54, 1.807) is 6.19 Å². The number of nitrogens with one attached hydrogen (secondary N) is 3. The van der Waals surface area contributed by atoms with Gasteiger partial charge in [-0.3, -0.25) is 10.1 Å². The number of nitrogens with zero attached hydrogens (tertiary/aromatic N) is 3. The highest BCUT2D eigenvalue weighted by molar-refractivity contribution is 6.04. The topological polar surface area (TPSA) is 104 Å². The first-order chi connectivity index (χ1) is 17.9. The molecule has 202 valence electrons. The summed E-state index contributed by atoms with van der Waals surface area (Å²) in [6.45, 7) is 0.288. The highest BCUT2D eigenvalue weighted by atomic mass is 19.4. The summed E-state index contributed by atoms with van der Waals surface area (Å²) < 4.78 is 77.6. The van der Waals surface area contributed by atoms with E-state index >= 15 is 0 Å². The van der Waals surface area contributed by atoms with Crippen LogP contribution in [0, 0.1) is 16.9 Å². The van der Waals surface area contributed by atoms with Crippen LogP contribution in [0.1, 0.15) is 35.1 Å². The summed E-state index contributed by atoms with van der Waals surface area (Å²) in [7, 11) is 0. The second-order valence-electron chi connectivity index (χ2n) is 8.50. The maximum Gasteiger partial charge on any atom is 0.416 e. The Bertz CT molecular complexity index is 1220. The van der Waals surface area contributed by atoms with Gasteiger partial charge in [0, 0.05) is 19.5 Å². The van der Waals surface area contributed by atoms with Crippen LogP contribution in [0.3, 0.4) is 0 Å². The third-order valence-electron chi connectivity index (χ3n) is 5.90. The van der Waals surface area contributed by atoms with Crippen molar-refractivity contribution >= 4 is 17.6 Å². The molecule has 2 aromatic rings. The summed E-state index contributed by atoms with van der Waals surface area (Å²) in [6, 6.07) is 7.94. The molecule has 7 nitrogen and oxygen atoms in total. The molecule has 1 aliphatic heterocycles. The molecule has 0 saturated carbocycles. The van der Waals surface area contributed by atoms with Gasteiger partial charge < -0.3 is 15.6 Å². The number of hydrogen-bond acceptors (Lipinski definition) is 4. The summed E-state index contributed by atoms with van der Waals surface area (Å²) in [5.41, 5.74) is -1.17. The molecular formula is C25H24F6N6O. The standard InChI is InChI=1S/C25H24F6N6O/c26-24(27,28)18-8-6-17(7-9-18)22(33)20(37-12-2-5-21(37)38)14-35-23(36-15-32)34-11-10-16-3-1-4-19(13-16)25(29,30)31/h1,3-4,6-9,13,20,33H,2,5,10-12,14H2,(H2,34,35,36). The molecule has 1 atom stereocenters. The first kappa shape index (κ1) is 28.5. The highest BCUT2D eigenvalue weighted by Gasteiger charge is 2.33. The number of aliphatic imine (C=N–C) groups is 1. The van der Waals surface area contributed by atoms with Gasteiger partial charge in [0.1, 0.15) is 0 Å². The Morgan fingerprint density at radius 1 is 1.08 bits per heavy atom. The van der Waals surface area contributed by atoms with E-state index in [9.17, 15) is 31.1 Å². The molecule has 38 heavy (non-hydrogen) atoms. The SMILES string of the molecule is N#CNC(=NCC(C(=N)c1ccc(C(F)(F)F)cc1)N1CCCC1=O)NCCc1cccc(C(F)(F)F)c1. The third kappa shape index (κ3) is 7.47. The Labute approximate surface area is 214 Å². The minimum atomic E-state index is -4.53. The number of rotatable bonds is 8. The molecule has 2 aromatic carbocycles. The van der Waals surface area contributed by atoms with Gasteiger partial charge in [0.2, 0.25) is 11.9 Å². The number of halogens is 6. The number of alkyl halides is 6. The molecule has 13 heteroatoms. The minimum absolute atomic E-state index is 0.0173. The molecule has 1 saturated heterocycles. The summed E-state index contributed by atoms with van der Waals surface area (Å²) in [4.78, 5) is 18.1. The fraction of sp³-hybridized carbons (Fsp3) is 0.360. The normalized spacial score (nSPS) is 15.2. The van der Waals surface area contributed by atoms with Crippen molar-refractivity contribution in [3.63, 3.8) is 0 Å². The van der Waals surface area contributed by atoms with Crippen molar-refractivity contribution in [2.45, 2.75) is 37.7 Å². The zero-order valence-electron chi connectivity index (χ0n) is 20.0. The van der Waals surface area contributed by atoms with Gasteiger partial charge in [0.25, 0.3) is 0 Å². The van der Waals surface area contributed by atoms with E-state index in [-0.39, 0.29) is 49.1 Å². The number of amides is 1. The van der Waals surface area contributed by atoms with E-state index in [2.05, 4.69) is 15.6 Å². The van der Waals surface area contributed by atoms with Crippen LogP contribution in [0.2, 0.25) is 0 Å². The van der Waals surface area contributed by atoms with Crippen LogP contribution in [0.25, 0.3) is 0 Å². The van der Waals surface area contributed by atoms with Crippen molar-refractivity contribution in [2.24, 2.45) is 4.99 Å². The first-order valence-corrected chi connectivity index (χ1v) is 11.5. The van der Waals surface area contributed by atoms with Crippen molar-refractivity contribution in [3.05, 3.63) is 70.8 Å². The largest absolute Gasteiger partial charge is 0.416 e. The van der Waals surface area contributed by atoms with E-state index in [0.29, 0.717) is 18.5 Å². The van der Waals surface area contributed by atoms with Gasteiger partial charge in [-0.25, -0.2) is 4.99 Å². The van der Waals surface area contributed by atoms with E-state index in [0.717, 1.165) is 36.4 Å².